The molecule has 4 heteroatoms. The van der Waals surface area contributed by atoms with Crippen molar-refractivity contribution >= 4 is 11.8 Å². The van der Waals surface area contributed by atoms with Gasteiger partial charge in [-0.2, -0.15) is 0 Å². The molecular weight excluding hydrogens is 194 g/mol. The number of amides is 2. The Hall–Kier alpha value is -0.900. The molecule has 2 saturated carbocycles. The van der Waals surface area contributed by atoms with Gasteiger partial charge in [0, 0.05) is 6.04 Å². The Morgan fingerprint density at radius 2 is 1.67 bits per heavy atom. The van der Waals surface area contributed by atoms with E-state index >= 15 is 0 Å². The number of hydrogen-bond acceptors (Lipinski definition) is 3. The second kappa shape index (κ2) is 2.43. The number of nitrogens with zero attached hydrogens (tertiary/aromatic N) is 1. The molecule has 0 aromatic rings. The zero-order valence-electron chi connectivity index (χ0n) is 8.93. The molecule has 1 heterocycles. The van der Waals surface area contributed by atoms with Crippen LogP contribution in [0.25, 0.3) is 0 Å². The summed E-state index contributed by atoms with van der Waals surface area (Å²) in [5.41, 5.74) is -0.118. The molecule has 3 aliphatic rings. The number of aliphatic hydroxyl groups excluding tert-OH is 1. The molecule has 2 unspecified atom stereocenters. The monoisotopic (exact) mass is 209 g/mol. The Morgan fingerprint density at radius 3 is 2.07 bits per heavy atom. The van der Waals surface area contributed by atoms with Crippen molar-refractivity contribution in [2.45, 2.75) is 38.8 Å². The highest BCUT2D eigenvalue weighted by molar-refractivity contribution is 6.10. The molecule has 3 fully saturated rings. The summed E-state index contributed by atoms with van der Waals surface area (Å²) in [6, 6.07) is -0.0244. The van der Waals surface area contributed by atoms with E-state index in [-0.39, 0.29) is 41.2 Å². The average molecular weight is 209 g/mol. The number of piperidine rings is 1. The molecule has 0 spiro atoms. The molecular formula is C11H15NO3. The van der Waals surface area contributed by atoms with Crippen LogP contribution in [0.1, 0.15) is 26.7 Å². The largest absolute Gasteiger partial charge is 0.393 e. The Balaban J connectivity index is 1.80. The van der Waals surface area contributed by atoms with Crippen LogP contribution in [0.2, 0.25) is 0 Å². The molecule has 2 atom stereocenters. The topological polar surface area (TPSA) is 57.6 Å². The van der Waals surface area contributed by atoms with Gasteiger partial charge in [-0.15, -0.1) is 0 Å². The van der Waals surface area contributed by atoms with Crippen LogP contribution in [-0.4, -0.2) is 34.0 Å². The van der Waals surface area contributed by atoms with E-state index < -0.39 is 0 Å². The molecule has 15 heavy (non-hydrogen) atoms. The van der Waals surface area contributed by atoms with Crippen molar-refractivity contribution in [3.05, 3.63) is 0 Å². The highest BCUT2D eigenvalue weighted by atomic mass is 16.3. The molecule has 1 aliphatic heterocycles. The van der Waals surface area contributed by atoms with E-state index in [1.807, 2.05) is 13.8 Å². The van der Waals surface area contributed by atoms with Crippen LogP contribution in [0.5, 0.6) is 0 Å². The van der Waals surface area contributed by atoms with Crippen LogP contribution in [0.3, 0.4) is 0 Å². The standard InChI is InChI=1S/C11H15NO3/c1-11(2)7-8(11)10(15)12(9(7)14)5-3-6(13)4-5/h5-8,13H,3-4H2,1-2H3. The van der Waals surface area contributed by atoms with Crippen LogP contribution in [0.15, 0.2) is 0 Å². The normalized spacial score (nSPS) is 46.5. The van der Waals surface area contributed by atoms with Crippen molar-refractivity contribution < 1.29 is 14.7 Å². The van der Waals surface area contributed by atoms with Gasteiger partial charge < -0.3 is 5.11 Å². The molecule has 3 rings (SSSR count). The lowest BCUT2D eigenvalue weighted by Gasteiger charge is -2.38. The summed E-state index contributed by atoms with van der Waals surface area (Å²) in [6.07, 6.45) is 0.815. The van der Waals surface area contributed by atoms with E-state index in [0.29, 0.717) is 12.8 Å². The third-order valence-corrected chi connectivity index (χ3v) is 4.29. The van der Waals surface area contributed by atoms with Crippen molar-refractivity contribution in [2.75, 3.05) is 0 Å². The van der Waals surface area contributed by atoms with Crippen molar-refractivity contribution in [1.29, 1.82) is 0 Å². The van der Waals surface area contributed by atoms with Gasteiger partial charge in [0.2, 0.25) is 11.8 Å². The van der Waals surface area contributed by atoms with Crippen molar-refractivity contribution in [3.63, 3.8) is 0 Å². The molecule has 0 radical (unpaired) electrons. The van der Waals surface area contributed by atoms with Gasteiger partial charge in [0.1, 0.15) is 0 Å². The minimum absolute atomic E-state index is 0.00750. The highest BCUT2D eigenvalue weighted by Crippen LogP contribution is 2.64. The Morgan fingerprint density at radius 1 is 1.20 bits per heavy atom. The zero-order valence-corrected chi connectivity index (χ0v) is 8.93. The summed E-state index contributed by atoms with van der Waals surface area (Å²) in [7, 11) is 0. The van der Waals surface area contributed by atoms with E-state index in [9.17, 15) is 14.7 Å². The number of imide groups is 1. The quantitative estimate of drug-likeness (QED) is 0.625. The third-order valence-electron chi connectivity index (χ3n) is 4.29. The zero-order chi connectivity index (χ0) is 11.0. The molecule has 1 saturated heterocycles. The smallest absolute Gasteiger partial charge is 0.233 e. The van der Waals surface area contributed by atoms with Crippen LogP contribution in [-0.2, 0) is 9.59 Å². The van der Waals surface area contributed by atoms with Crippen molar-refractivity contribution in [3.8, 4) is 0 Å². The highest BCUT2D eigenvalue weighted by Gasteiger charge is 2.73. The fraction of sp³-hybridized carbons (Fsp3) is 0.818. The summed E-state index contributed by atoms with van der Waals surface area (Å²) >= 11 is 0. The summed E-state index contributed by atoms with van der Waals surface area (Å²) in [5, 5.41) is 9.18. The summed E-state index contributed by atoms with van der Waals surface area (Å²) in [6.45, 7) is 3.95. The number of hydrogen-bond donors (Lipinski definition) is 1. The minimum atomic E-state index is -0.319. The number of carbonyl (C=O) groups is 2. The van der Waals surface area contributed by atoms with E-state index in [0.717, 1.165) is 0 Å². The predicted octanol–water partition coefficient (Wildman–Crippen LogP) is 0.151. The van der Waals surface area contributed by atoms with Gasteiger partial charge in [0.05, 0.1) is 17.9 Å². The lowest BCUT2D eigenvalue weighted by atomic mass is 9.87. The fourth-order valence-electron chi connectivity index (χ4n) is 3.10. The molecule has 82 valence electrons. The first kappa shape index (κ1) is 9.33. The Labute approximate surface area is 88.2 Å². The van der Waals surface area contributed by atoms with E-state index in [2.05, 4.69) is 0 Å². The maximum atomic E-state index is 11.9. The molecule has 0 bridgehead atoms. The van der Waals surface area contributed by atoms with Crippen LogP contribution >= 0.6 is 0 Å². The van der Waals surface area contributed by atoms with Gasteiger partial charge in [-0.05, 0) is 18.3 Å². The van der Waals surface area contributed by atoms with E-state index in [4.69, 9.17) is 0 Å². The van der Waals surface area contributed by atoms with Gasteiger partial charge in [0.25, 0.3) is 0 Å². The lowest BCUT2D eigenvalue weighted by molar-refractivity contribution is -0.150. The Kier molecular flexibility index (Phi) is 1.51. The number of carbonyl (C=O) groups excluding carboxylic acids is 2. The predicted molar refractivity (Wildman–Crippen MR) is 51.6 cm³/mol. The number of aliphatic hydroxyl groups is 1. The summed E-state index contributed by atoms with van der Waals surface area (Å²) in [4.78, 5) is 25.3. The SMILES string of the molecule is CC1(C)C2C(=O)N(C3CC(O)C3)C(=O)C21. The first-order valence-electron chi connectivity index (χ1n) is 5.49. The van der Waals surface area contributed by atoms with Gasteiger partial charge in [0.15, 0.2) is 0 Å². The van der Waals surface area contributed by atoms with Gasteiger partial charge in [-0.3, -0.25) is 14.5 Å². The lowest BCUT2D eigenvalue weighted by Crippen LogP contribution is -2.51. The maximum absolute atomic E-state index is 11.9. The van der Waals surface area contributed by atoms with Gasteiger partial charge in [-0.1, -0.05) is 13.8 Å². The van der Waals surface area contributed by atoms with Gasteiger partial charge >= 0.3 is 0 Å². The molecule has 0 aromatic carbocycles. The molecule has 4 nitrogen and oxygen atoms in total. The van der Waals surface area contributed by atoms with Crippen molar-refractivity contribution in [1.82, 2.24) is 4.90 Å². The number of rotatable bonds is 1. The molecule has 2 amide bonds. The fourth-order valence-corrected chi connectivity index (χ4v) is 3.10. The Bertz CT molecular complexity index is 333. The van der Waals surface area contributed by atoms with Crippen LogP contribution in [0, 0.1) is 17.3 Å². The summed E-state index contributed by atoms with van der Waals surface area (Å²) < 4.78 is 0. The number of fused-ring (bicyclic) bond motifs is 1. The van der Waals surface area contributed by atoms with Gasteiger partial charge in [-0.25, -0.2) is 0 Å². The maximum Gasteiger partial charge on any atom is 0.233 e. The number of likely N-dealkylation sites (tertiary alicyclic amines) is 1. The first-order valence-corrected chi connectivity index (χ1v) is 5.49. The first-order chi connectivity index (χ1) is 6.94. The molecule has 0 aromatic heterocycles. The molecule has 1 N–H and O–H groups in total. The van der Waals surface area contributed by atoms with Crippen LogP contribution < -0.4 is 0 Å². The average Bonchev–Trinajstić information content (AvgIpc) is 2.53. The second-order valence-electron chi connectivity index (χ2n) is 5.60. The van der Waals surface area contributed by atoms with E-state index in [1.54, 1.807) is 0 Å². The third kappa shape index (κ3) is 0.956. The van der Waals surface area contributed by atoms with E-state index in [1.165, 1.54) is 4.90 Å². The summed E-state index contributed by atoms with van der Waals surface area (Å²) in [5.74, 6) is -0.177. The van der Waals surface area contributed by atoms with Crippen molar-refractivity contribution in [2.24, 2.45) is 17.3 Å². The minimum Gasteiger partial charge on any atom is -0.393 e. The second-order valence-corrected chi connectivity index (χ2v) is 5.60. The molecule has 2 aliphatic carbocycles. The van der Waals surface area contributed by atoms with Crippen LogP contribution in [0.4, 0.5) is 0 Å².